The van der Waals surface area contributed by atoms with Crippen molar-refractivity contribution in [2.75, 3.05) is 0 Å². The quantitative estimate of drug-likeness (QED) is 0.544. The first-order valence-electron chi connectivity index (χ1n) is 7.98. The Morgan fingerprint density at radius 2 is 1.68 bits per heavy atom. The Balaban J connectivity index is 2.93. The number of carbonyl (C=O) groups is 1. The van der Waals surface area contributed by atoms with Gasteiger partial charge >= 0.3 is 5.97 Å². The third-order valence-electron chi connectivity index (χ3n) is 3.15. The summed E-state index contributed by atoms with van der Waals surface area (Å²) < 4.78 is 17.5. The summed E-state index contributed by atoms with van der Waals surface area (Å²) in [5.41, 5.74) is -0.116. The van der Waals surface area contributed by atoms with E-state index in [2.05, 4.69) is 60.1 Å². The van der Waals surface area contributed by atoms with Crippen molar-refractivity contribution in [2.24, 2.45) is 11.3 Å². The minimum atomic E-state index is -1.77. The van der Waals surface area contributed by atoms with Crippen LogP contribution in [0.2, 0.25) is 39.3 Å². The monoisotopic (exact) mass is 344 g/mol. The normalized spacial score (nSPS) is 22.0. The van der Waals surface area contributed by atoms with Gasteiger partial charge in [0, 0.05) is 0 Å². The van der Waals surface area contributed by atoms with Gasteiger partial charge in [0.1, 0.15) is 0 Å². The van der Waals surface area contributed by atoms with Gasteiger partial charge in [-0.2, -0.15) is 0 Å². The van der Waals surface area contributed by atoms with Crippen LogP contribution in [0.3, 0.4) is 0 Å². The van der Waals surface area contributed by atoms with Gasteiger partial charge in [0.05, 0.1) is 12.0 Å². The van der Waals surface area contributed by atoms with E-state index in [4.69, 9.17) is 13.6 Å². The molecule has 128 valence electrons. The highest BCUT2D eigenvalue weighted by atomic mass is 28.4. The average molecular weight is 345 g/mol. The lowest BCUT2D eigenvalue weighted by Crippen LogP contribution is -2.47. The van der Waals surface area contributed by atoms with Crippen LogP contribution < -0.4 is 0 Å². The van der Waals surface area contributed by atoms with Crippen LogP contribution in [0.25, 0.3) is 0 Å². The molecular weight excluding hydrogens is 312 g/mol. The molecule has 0 spiro atoms. The maximum absolute atomic E-state index is 12.5. The molecule has 0 N–H and O–H groups in total. The molecule has 1 aliphatic heterocycles. The van der Waals surface area contributed by atoms with E-state index in [1.807, 2.05) is 6.08 Å². The van der Waals surface area contributed by atoms with Crippen molar-refractivity contribution < 1.29 is 18.4 Å². The Kier molecular flexibility index (Phi) is 5.74. The van der Waals surface area contributed by atoms with Crippen LogP contribution in [0.4, 0.5) is 0 Å². The lowest BCUT2D eigenvalue weighted by atomic mass is 9.79. The molecule has 0 aromatic heterocycles. The van der Waals surface area contributed by atoms with Crippen molar-refractivity contribution in [1.82, 2.24) is 0 Å². The first kappa shape index (κ1) is 19.5. The highest BCUT2D eigenvalue weighted by molar-refractivity contribution is 6.70. The van der Waals surface area contributed by atoms with Crippen LogP contribution in [-0.4, -0.2) is 28.7 Å². The van der Waals surface area contributed by atoms with Crippen LogP contribution in [0.15, 0.2) is 12.0 Å². The molecule has 0 aliphatic carbocycles. The molecule has 1 rings (SSSR count). The van der Waals surface area contributed by atoms with E-state index in [0.717, 1.165) is 0 Å². The molecule has 0 bridgehead atoms. The highest BCUT2D eigenvalue weighted by Gasteiger charge is 2.42. The number of rotatable bonds is 5. The van der Waals surface area contributed by atoms with Crippen LogP contribution >= 0.6 is 0 Å². The second kappa shape index (κ2) is 6.49. The smallest absolute Gasteiger partial charge is 0.319 e. The summed E-state index contributed by atoms with van der Waals surface area (Å²) in [6, 6.07) is 0. The zero-order valence-electron chi connectivity index (χ0n) is 15.6. The number of hydrogen-bond acceptors (Lipinski definition) is 4. The van der Waals surface area contributed by atoms with E-state index in [9.17, 15) is 4.79 Å². The van der Waals surface area contributed by atoms with Gasteiger partial charge < -0.3 is 13.6 Å². The Labute approximate surface area is 137 Å². The largest absolute Gasteiger partial charge is 0.520 e. The van der Waals surface area contributed by atoms with E-state index in [0.29, 0.717) is 12.4 Å². The first-order chi connectivity index (χ1) is 9.69. The summed E-state index contributed by atoms with van der Waals surface area (Å²) >= 11 is 0. The first-order valence-corrected chi connectivity index (χ1v) is 14.8. The van der Waals surface area contributed by atoms with Gasteiger partial charge in [0.2, 0.25) is 8.32 Å². The summed E-state index contributed by atoms with van der Waals surface area (Å²) in [6.45, 7) is 19.0. The molecule has 6 heteroatoms. The molecule has 1 heterocycles. The molecular formula is C16H32O4Si2. The predicted molar refractivity (Wildman–Crippen MR) is 94.4 cm³/mol. The van der Waals surface area contributed by atoms with Gasteiger partial charge in [-0.3, -0.25) is 4.79 Å². The number of allylic oxidation sites excluding steroid dienone is 1. The van der Waals surface area contributed by atoms with E-state index in [-0.39, 0.29) is 23.4 Å². The lowest BCUT2D eigenvalue weighted by molar-refractivity contribution is -0.156. The Morgan fingerprint density at radius 3 is 2.05 bits per heavy atom. The second-order valence-corrected chi connectivity index (χ2v) is 17.9. The standard InChI is InChI=1S/C16H32O4Si2/c1-16(2,3)14(20-22(7,8)9)12-10-11-13(18-15(12)17)19-21(4,5)6/h11-12,14H,10H2,1-9H3. The maximum Gasteiger partial charge on any atom is 0.319 e. The van der Waals surface area contributed by atoms with E-state index >= 15 is 0 Å². The van der Waals surface area contributed by atoms with Crippen molar-refractivity contribution in [3.63, 3.8) is 0 Å². The van der Waals surface area contributed by atoms with Crippen molar-refractivity contribution in [1.29, 1.82) is 0 Å². The number of cyclic esters (lactones) is 1. The predicted octanol–water partition coefficient (Wildman–Crippen LogP) is 4.51. The van der Waals surface area contributed by atoms with Crippen molar-refractivity contribution in [2.45, 2.75) is 72.6 Å². The highest BCUT2D eigenvalue weighted by Crippen LogP contribution is 2.36. The van der Waals surface area contributed by atoms with E-state index in [1.54, 1.807) is 0 Å². The average Bonchev–Trinajstić information content (AvgIpc) is 2.21. The summed E-state index contributed by atoms with van der Waals surface area (Å²) in [5, 5.41) is 0. The van der Waals surface area contributed by atoms with Crippen LogP contribution in [0, 0.1) is 11.3 Å². The molecule has 0 saturated heterocycles. The molecule has 0 fully saturated rings. The Morgan fingerprint density at radius 1 is 1.14 bits per heavy atom. The van der Waals surface area contributed by atoms with Crippen LogP contribution in [0.1, 0.15) is 27.2 Å². The summed E-state index contributed by atoms with van der Waals surface area (Å²) in [5.74, 6) is -0.115. The minimum absolute atomic E-state index is 0.116. The van der Waals surface area contributed by atoms with Crippen molar-refractivity contribution >= 4 is 22.6 Å². The Bertz CT molecular complexity index is 439. The number of esters is 1. The van der Waals surface area contributed by atoms with Gasteiger partial charge in [0.15, 0.2) is 8.32 Å². The molecule has 0 amide bonds. The minimum Gasteiger partial charge on any atom is -0.520 e. The molecule has 4 nitrogen and oxygen atoms in total. The third kappa shape index (κ3) is 6.26. The fourth-order valence-electron chi connectivity index (χ4n) is 2.39. The fourth-order valence-corrected chi connectivity index (χ4v) is 4.40. The maximum atomic E-state index is 12.5. The molecule has 0 aromatic rings. The summed E-state index contributed by atoms with van der Waals surface area (Å²) in [4.78, 5) is 12.5. The molecule has 2 unspecified atom stereocenters. The van der Waals surface area contributed by atoms with Gasteiger partial charge in [0.25, 0.3) is 5.95 Å². The molecule has 0 aromatic carbocycles. The van der Waals surface area contributed by atoms with Crippen LogP contribution in [0.5, 0.6) is 0 Å². The summed E-state index contributed by atoms with van der Waals surface area (Å²) in [7, 11) is -3.52. The van der Waals surface area contributed by atoms with Gasteiger partial charge in [-0.1, -0.05) is 20.8 Å². The molecule has 2 atom stereocenters. The lowest BCUT2D eigenvalue weighted by Gasteiger charge is -2.40. The SMILES string of the molecule is CC(C)(C)C(O[Si](C)(C)C)C1CC=C(O[Si](C)(C)C)OC1=O. The van der Waals surface area contributed by atoms with Gasteiger partial charge in [-0.25, -0.2) is 0 Å². The molecule has 1 aliphatic rings. The molecule has 0 radical (unpaired) electrons. The van der Waals surface area contributed by atoms with Gasteiger partial charge in [-0.15, -0.1) is 0 Å². The van der Waals surface area contributed by atoms with E-state index < -0.39 is 16.6 Å². The topological polar surface area (TPSA) is 44.8 Å². The molecule has 0 saturated carbocycles. The van der Waals surface area contributed by atoms with Crippen molar-refractivity contribution in [3.05, 3.63) is 12.0 Å². The van der Waals surface area contributed by atoms with Crippen molar-refractivity contribution in [3.8, 4) is 0 Å². The third-order valence-corrected chi connectivity index (χ3v) is 4.92. The van der Waals surface area contributed by atoms with Crippen LogP contribution in [-0.2, 0) is 18.4 Å². The fraction of sp³-hybridized carbons (Fsp3) is 0.812. The zero-order valence-corrected chi connectivity index (χ0v) is 17.6. The summed E-state index contributed by atoms with van der Waals surface area (Å²) in [6.07, 6.45) is 2.37. The molecule has 22 heavy (non-hydrogen) atoms. The van der Waals surface area contributed by atoms with Gasteiger partial charge in [-0.05, 0) is 57.2 Å². The van der Waals surface area contributed by atoms with E-state index in [1.165, 1.54) is 0 Å². The Hall–Kier alpha value is -0.596. The zero-order chi connectivity index (χ0) is 17.3. The number of ether oxygens (including phenoxy) is 1. The number of carbonyl (C=O) groups excluding carboxylic acids is 1. The number of hydrogen-bond donors (Lipinski definition) is 0. The second-order valence-electron chi connectivity index (χ2n) is 9.02.